The number of amides is 1. The van der Waals surface area contributed by atoms with Gasteiger partial charge in [0.15, 0.2) is 0 Å². The number of nitrogens with zero attached hydrogens (tertiary/aromatic N) is 1. The molecule has 1 heterocycles. The summed E-state index contributed by atoms with van der Waals surface area (Å²) >= 11 is 6.16. The number of benzene rings is 2. The highest BCUT2D eigenvalue weighted by Crippen LogP contribution is 2.34. The van der Waals surface area contributed by atoms with Crippen molar-refractivity contribution >= 4 is 28.4 Å². The molecule has 2 aromatic carbocycles. The van der Waals surface area contributed by atoms with E-state index >= 15 is 0 Å². The van der Waals surface area contributed by atoms with Crippen molar-refractivity contribution in [3.8, 4) is 11.1 Å². The fourth-order valence-corrected chi connectivity index (χ4v) is 3.07. The lowest BCUT2D eigenvalue weighted by molar-refractivity contribution is 0.0700. The second kappa shape index (κ2) is 6.67. The van der Waals surface area contributed by atoms with Crippen molar-refractivity contribution in [1.29, 1.82) is 0 Å². The molecule has 0 radical (unpaired) electrons. The van der Waals surface area contributed by atoms with Gasteiger partial charge < -0.3 is 15.0 Å². The number of carbonyl (C=O) groups excluding carboxylic acids is 1. The van der Waals surface area contributed by atoms with Crippen molar-refractivity contribution in [2.75, 3.05) is 13.6 Å². The lowest BCUT2D eigenvalue weighted by Crippen LogP contribution is -2.33. The van der Waals surface area contributed by atoms with E-state index in [0.717, 1.165) is 22.0 Å². The fourth-order valence-electron chi connectivity index (χ4n) is 2.90. The minimum absolute atomic E-state index is 0.165. The number of nitrogens with one attached hydrogen (secondary N) is 1. The zero-order chi connectivity index (χ0) is 17.3. The maximum absolute atomic E-state index is 12.9. The van der Waals surface area contributed by atoms with E-state index in [1.165, 1.54) is 4.90 Å². The van der Waals surface area contributed by atoms with E-state index in [1.54, 1.807) is 20.0 Å². The van der Waals surface area contributed by atoms with Crippen LogP contribution in [-0.2, 0) is 0 Å². The fraction of sp³-hybridized carbons (Fsp3) is 0.211. The lowest BCUT2D eigenvalue weighted by atomic mass is 10.0. The number of hydrogen-bond acceptors (Lipinski definition) is 2. The molecule has 2 N–H and O–H groups in total. The summed E-state index contributed by atoms with van der Waals surface area (Å²) < 4.78 is 0. The van der Waals surface area contributed by atoms with Gasteiger partial charge in [-0.3, -0.25) is 4.79 Å². The monoisotopic (exact) mass is 342 g/mol. The first-order valence-corrected chi connectivity index (χ1v) is 8.15. The Bertz CT molecular complexity index is 872. The van der Waals surface area contributed by atoms with E-state index in [-0.39, 0.29) is 12.5 Å². The molecule has 0 aliphatic carbocycles. The minimum atomic E-state index is -0.585. The standard InChI is InChI=1S/C19H19ClN2O2/c1-12(23)11-22(2)19(24)18-17(13-6-4-3-5-7-13)15-10-14(20)8-9-16(15)21-18/h3-10,12,21,23H,11H2,1-2H3/t12-/m0/s1. The molecular formula is C19H19ClN2O2. The highest BCUT2D eigenvalue weighted by Gasteiger charge is 2.22. The second-order valence-corrected chi connectivity index (χ2v) is 6.40. The SMILES string of the molecule is C[C@H](O)CN(C)C(=O)c1[nH]c2ccc(Cl)cc2c1-c1ccccc1. The Morgan fingerprint density at radius 3 is 2.62 bits per heavy atom. The molecule has 0 aliphatic heterocycles. The average molecular weight is 343 g/mol. The normalized spacial score (nSPS) is 12.3. The summed E-state index contributed by atoms with van der Waals surface area (Å²) in [6, 6.07) is 15.3. The van der Waals surface area contributed by atoms with Crippen LogP contribution >= 0.6 is 11.6 Å². The first-order chi connectivity index (χ1) is 11.5. The van der Waals surface area contributed by atoms with Crippen LogP contribution in [0.3, 0.4) is 0 Å². The number of fused-ring (bicyclic) bond motifs is 1. The molecule has 4 nitrogen and oxygen atoms in total. The third kappa shape index (κ3) is 3.16. The molecular weight excluding hydrogens is 324 g/mol. The quantitative estimate of drug-likeness (QED) is 0.754. The van der Waals surface area contributed by atoms with Crippen LogP contribution in [0.25, 0.3) is 22.0 Å². The van der Waals surface area contributed by atoms with Crippen molar-refractivity contribution in [3.05, 3.63) is 59.2 Å². The molecule has 0 fully saturated rings. The smallest absolute Gasteiger partial charge is 0.270 e. The maximum atomic E-state index is 12.9. The molecule has 5 heteroatoms. The van der Waals surface area contributed by atoms with E-state index in [1.807, 2.05) is 42.5 Å². The molecule has 24 heavy (non-hydrogen) atoms. The van der Waals surface area contributed by atoms with Crippen molar-refractivity contribution in [1.82, 2.24) is 9.88 Å². The van der Waals surface area contributed by atoms with Crippen LogP contribution in [0.4, 0.5) is 0 Å². The first kappa shape index (κ1) is 16.6. The predicted molar refractivity (Wildman–Crippen MR) is 97.4 cm³/mol. The number of rotatable bonds is 4. The van der Waals surface area contributed by atoms with Crippen molar-refractivity contribution < 1.29 is 9.90 Å². The summed E-state index contributed by atoms with van der Waals surface area (Å²) in [6.45, 7) is 1.93. The molecule has 0 unspecified atom stereocenters. The molecule has 0 saturated carbocycles. The van der Waals surface area contributed by atoms with Gasteiger partial charge in [-0.2, -0.15) is 0 Å². The Hall–Kier alpha value is -2.30. The maximum Gasteiger partial charge on any atom is 0.270 e. The molecule has 0 bridgehead atoms. The van der Waals surface area contributed by atoms with E-state index in [2.05, 4.69) is 4.98 Å². The zero-order valence-corrected chi connectivity index (χ0v) is 14.3. The van der Waals surface area contributed by atoms with Gasteiger partial charge in [0.1, 0.15) is 5.69 Å². The molecule has 1 aromatic heterocycles. The number of carbonyl (C=O) groups is 1. The molecule has 1 atom stereocenters. The van der Waals surface area contributed by atoms with E-state index in [0.29, 0.717) is 10.7 Å². The summed E-state index contributed by atoms with van der Waals surface area (Å²) in [4.78, 5) is 17.6. The van der Waals surface area contributed by atoms with Crippen LogP contribution in [0, 0.1) is 0 Å². The number of likely N-dealkylation sites (N-methyl/N-ethyl adjacent to an activating group) is 1. The summed E-state index contributed by atoms with van der Waals surface area (Å²) in [5, 5.41) is 11.1. The summed E-state index contributed by atoms with van der Waals surface area (Å²) in [5.41, 5.74) is 3.13. The Morgan fingerprint density at radius 2 is 1.96 bits per heavy atom. The lowest BCUT2D eigenvalue weighted by Gasteiger charge is -2.19. The Labute approximate surface area is 145 Å². The van der Waals surface area contributed by atoms with Crippen LogP contribution in [0.15, 0.2) is 48.5 Å². The van der Waals surface area contributed by atoms with Crippen molar-refractivity contribution in [3.63, 3.8) is 0 Å². The van der Waals surface area contributed by atoms with Gasteiger partial charge in [0.05, 0.1) is 6.10 Å². The van der Waals surface area contributed by atoms with Crippen LogP contribution < -0.4 is 0 Å². The van der Waals surface area contributed by atoms with Gasteiger partial charge in [-0.15, -0.1) is 0 Å². The number of aromatic nitrogens is 1. The highest BCUT2D eigenvalue weighted by molar-refractivity contribution is 6.31. The summed E-state index contributed by atoms with van der Waals surface area (Å²) in [7, 11) is 1.68. The van der Waals surface area contributed by atoms with Gasteiger partial charge in [-0.1, -0.05) is 41.9 Å². The van der Waals surface area contributed by atoms with Gasteiger partial charge in [0, 0.05) is 35.1 Å². The minimum Gasteiger partial charge on any atom is -0.392 e. The molecule has 0 spiro atoms. The summed E-state index contributed by atoms with van der Waals surface area (Å²) in [5.74, 6) is -0.165. The molecule has 124 valence electrons. The molecule has 3 rings (SSSR count). The topological polar surface area (TPSA) is 56.3 Å². The van der Waals surface area contributed by atoms with Gasteiger partial charge in [-0.05, 0) is 30.7 Å². The Balaban J connectivity index is 2.19. The third-order valence-corrected chi connectivity index (χ3v) is 4.16. The molecule has 0 aliphatic rings. The van der Waals surface area contributed by atoms with Gasteiger partial charge in [0.25, 0.3) is 5.91 Å². The molecule has 3 aromatic rings. The van der Waals surface area contributed by atoms with E-state index in [9.17, 15) is 9.90 Å². The predicted octanol–water partition coefficient (Wildman–Crippen LogP) is 3.94. The van der Waals surface area contributed by atoms with E-state index in [4.69, 9.17) is 11.6 Å². The average Bonchev–Trinajstić information content (AvgIpc) is 2.92. The molecule has 0 saturated heterocycles. The van der Waals surface area contributed by atoms with Gasteiger partial charge >= 0.3 is 0 Å². The Kier molecular flexibility index (Phi) is 4.60. The van der Waals surface area contributed by atoms with Crippen LogP contribution in [0.5, 0.6) is 0 Å². The van der Waals surface area contributed by atoms with Crippen molar-refractivity contribution in [2.45, 2.75) is 13.0 Å². The van der Waals surface area contributed by atoms with Crippen LogP contribution in [0.1, 0.15) is 17.4 Å². The van der Waals surface area contributed by atoms with Gasteiger partial charge in [0.2, 0.25) is 0 Å². The number of H-pyrrole nitrogens is 1. The number of aromatic amines is 1. The van der Waals surface area contributed by atoms with Crippen LogP contribution in [0.2, 0.25) is 5.02 Å². The molecule has 1 amide bonds. The first-order valence-electron chi connectivity index (χ1n) is 7.77. The van der Waals surface area contributed by atoms with Crippen LogP contribution in [-0.4, -0.2) is 40.6 Å². The van der Waals surface area contributed by atoms with Gasteiger partial charge in [-0.25, -0.2) is 0 Å². The number of aliphatic hydroxyl groups excluding tert-OH is 1. The van der Waals surface area contributed by atoms with E-state index < -0.39 is 6.10 Å². The second-order valence-electron chi connectivity index (χ2n) is 5.97. The number of hydrogen-bond donors (Lipinski definition) is 2. The van der Waals surface area contributed by atoms with Crippen molar-refractivity contribution in [2.24, 2.45) is 0 Å². The Morgan fingerprint density at radius 1 is 1.25 bits per heavy atom. The zero-order valence-electron chi connectivity index (χ0n) is 13.6. The number of halogens is 1. The largest absolute Gasteiger partial charge is 0.392 e. The highest BCUT2D eigenvalue weighted by atomic mass is 35.5. The summed E-state index contributed by atoms with van der Waals surface area (Å²) in [6.07, 6.45) is -0.585. The third-order valence-electron chi connectivity index (χ3n) is 3.92. The number of aliphatic hydroxyl groups is 1.